The fraction of sp³-hybridized carbons (Fsp3) is 0.538. The fourth-order valence-corrected chi connectivity index (χ4v) is 1.79. The highest BCUT2D eigenvalue weighted by Crippen LogP contribution is 2.34. The summed E-state index contributed by atoms with van der Waals surface area (Å²) in [6, 6.07) is 6.13. The van der Waals surface area contributed by atoms with E-state index in [9.17, 15) is 13.2 Å². The molecule has 0 saturated heterocycles. The minimum absolute atomic E-state index is 0.201. The Morgan fingerprint density at radius 3 is 2.17 bits per heavy atom. The lowest BCUT2D eigenvalue weighted by Gasteiger charge is -2.32. The van der Waals surface area contributed by atoms with Crippen LogP contribution in [-0.2, 0) is 4.74 Å². The van der Waals surface area contributed by atoms with Gasteiger partial charge in [0.2, 0.25) is 0 Å². The summed E-state index contributed by atoms with van der Waals surface area (Å²) >= 11 is 0. The lowest BCUT2D eigenvalue weighted by atomic mass is 10.0. The molecule has 0 aliphatic carbocycles. The summed E-state index contributed by atoms with van der Waals surface area (Å²) in [6.07, 6.45) is -4.34. The van der Waals surface area contributed by atoms with Crippen molar-refractivity contribution < 1.29 is 17.9 Å². The van der Waals surface area contributed by atoms with Crippen LogP contribution in [0.25, 0.3) is 0 Å². The molecule has 5 heteroatoms. The van der Waals surface area contributed by atoms with Crippen molar-refractivity contribution in [3.8, 4) is 0 Å². The highest BCUT2D eigenvalue weighted by Gasteiger charge is 2.43. The minimum atomic E-state index is -4.34. The molecule has 0 aliphatic heterocycles. The van der Waals surface area contributed by atoms with Crippen molar-refractivity contribution >= 4 is 0 Å². The minimum Gasteiger partial charge on any atom is -0.383 e. The van der Waals surface area contributed by atoms with Gasteiger partial charge in [0.05, 0.1) is 6.61 Å². The van der Waals surface area contributed by atoms with Gasteiger partial charge in [-0.2, -0.15) is 13.2 Å². The monoisotopic (exact) mass is 261 g/mol. The lowest BCUT2D eigenvalue weighted by Crippen LogP contribution is -2.49. The van der Waals surface area contributed by atoms with Gasteiger partial charge in [-0.1, -0.05) is 30.3 Å². The zero-order chi connectivity index (χ0) is 13.8. The van der Waals surface area contributed by atoms with Gasteiger partial charge in [0, 0.05) is 12.6 Å². The van der Waals surface area contributed by atoms with Gasteiger partial charge < -0.3 is 4.74 Å². The average molecular weight is 261 g/mol. The standard InChI is InChI=1S/C13H18F3NO/c1-12(2,9-18-3)17-11(13(14,15)16)10-7-5-4-6-8-10/h4-8,11,17H,9H2,1-3H3. The second-order valence-electron chi connectivity index (χ2n) is 4.85. The third-order valence-corrected chi connectivity index (χ3v) is 2.50. The number of halogens is 3. The molecule has 2 nitrogen and oxygen atoms in total. The summed E-state index contributed by atoms with van der Waals surface area (Å²) in [5, 5.41) is 2.60. The molecule has 1 atom stereocenters. The average Bonchev–Trinajstić information content (AvgIpc) is 2.26. The molecule has 0 spiro atoms. The van der Waals surface area contributed by atoms with Crippen LogP contribution >= 0.6 is 0 Å². The molecule has 0 amide bonds. The van der Waals surface area contributed by atoms with Crippen LogP contribution in [0, 0.1) is 0 Å². The number of hydrogen-bond donors (Lipinski definition) is 1. The molecule has 1 unspecified atom stereocenters. The SMILES string of the molecule is COCC(C)(C)NC(c1ccccc1)C(F)(F)F. The maximum atomic E-state index is 13.1. The first-order valence-electron chi connectivity index (χ1n) is 5.64. The lowest BCUT2D eigenvalue weighted by molar-refractivity contribution is -0.163. The second-order valence-corrected chi connectivity index (χ2v) is 4.85. The Kier molecular flexibility index (Phi) is 4.76. The van der Waals surface area contributed by atoms with Crippen molar-refractivity contribution in [2.75, 3.05) is 13.7 Å². The van der Waals surface area contributed by atoms with Crippen LogP contribution in [0.3, 0.4) is 0 Å². The van der Waals surface area contributed by atoms with Gasteiger partial charge >= 0.3 is 6.18 Å². The highest BCUT2D eigenvalue weighted by atomic mass is 19.4. The van der Waals surface area contributed by atoms with E-state index in [1.165, 1.54) is 19.2 Å². The summed E-state index contributed by atoms with van der Waals surface area (Å²) in [7, 11) is 1.47. The van der Waals surface area contributed by atoms with E-state index < -0.39 is 17.8 Å². The normalized spacial score (nSPS) is 14.6. The third-order valence-electron chi connectivity index (χ3n) is 2.50. The Hall–Kier alpha value is -1.07. The van der Waals surface area contributed by atoms with Crippen LogP contribution < -0.4 is 5.32 Å². The maximum Gasteiger partial charge on any atom is 0.407 e. The van der Waals surface area contributed by atoms with E-state index in [4.69, 9.17) is 4.74 Å². The highest BCUT2D eigenvalue weighted by molar-refractivity contribution is 5.21. The van der Waals surface area contributed by atoms with E-state index >= 15 is 0 Å². The van der Waals surface area contributed by atoms with E-state index in [1.54, 1.807) is 32.0 Å². The summed E-state index contributed by atoms with van der Waals surface area (Å²) < 4.78 is 44.1. The van der Waals surface area contributed by atoms with Gasteiger partial charge in [0.25, 0.3) is 0 Å². The van der Waals surface area contributed by atoms with Crippen molar-refractivity contribution in [3.05, 3.63) is 35.9 Å². The molecule has 0 saturated carbocycles. The third kappa shape index (κ3) is 4.31. The number of hydrogen-bond acceptors (Lipinski definition) is 2. The summed E-state index contributed by atoms with van der Waals surface area (Å²) in [6.45, 7) is 3.56. The Bertz CT molecular complexity index is 362. The first-order valence-corrected chi connectivity index (χ1v) is 5.64. The molecule has 18 heavy (non-hydrogen) atoms. The van der Waals surface area contributed by atoms with E-state index in [0.717, 1.165) is 0 Å². The number of ether oxygens (including phenoxy) is 1. The molecular weight excluding hydrogens is 243 g/mol. The fourth-order valence-electron chi connectivity index (χ4n) is 1.79. The molecule has 1 rings (SSSR count). The van der Waals surface area contributed by atoms with Crippen LogP contribution in [0.15, 0.2) is 30.3 Å². The van der Waals surface area contributed by atoms with Crippen LogP contribution in [0.2, 0.25) is 0 Å². The molecule has 1 N–H and O–H groups in total. The summed E-state index contributed by atoms with van der Waals surface area (Å²) in [5.74, 6) is 0. The number of rotatable bonds is 5. The molecule has 0 heterocycles. The van der Waals surface area contributed by atoms with Gasteiger partial charge in [0.1, 0.15) is 6.04 Å². The molecular formula is C13H18F3NO. The largest absolute Gasteiger partial charge is 0.407 e. The predicted molar refractivity (Wildman–Crippen MR) is 64.3 cm³/mol. The molecule has 0 aliphatic rings. The molecule has 1 aromatic carbocycles. The molecule has 0 bridgehead atoms. The predicted octanol–water partition coefficient (Wildman–Crippen LogP) is 3.30. The zero-order valence-corrected chi connectivity index (χ0v) is 10.7. The Balaban J connectivity index is 2.95. The van der Waals surface area contributed by atoms with Crippen molar-refractivity contribution in [2.24, 2.45) is 0 Å². The van der Waals surface area contributed by atoms with E-state index in [2.05, 4.69) is 5.32 Å². The molecule has 102 valence electrons. The quantitative estimate of drug-likeness (QED) is 0.878. The van der Waals surface area contributed by atoms with Crippen LogP contribution in [-0.4, -0.2) is 25.4 Å². The maximum absolute atomic E-state index is 13.1. The second kappa shape index (κ2) is 5.71. The Morgan fingerprint density at radius 2 is 1.72 bits per heavy atom. The van der Waals surface area contributed by atoms with Gasteiger partial charge in [-0.15, -0.1) is 0 Å². The first-order chi connectivity index (χ1) is 8.26. The molecule has 0 radical (unpaired) electrons. The van der Waals surface area contributed by atoms with E-state index in [-0.39, 0.29) is 12.2 Å². The van der Waals surface area contributed by atoms with Crippen LogP contribution in [0.5, 0.6) is 0 Å². The van der Waals surface area contributed by atoms with Crippen LogP contribution in [0.4, 0.5) is 13.2 Å². The van der Waals surface area contributed by atoms with Crippen molar-refractivity contribution in [1.29, 1.82) is 0 Å². The number of nitrogens with one attached hydrogen (secondary N) is 1. The zero-order valence-electron chi connectivity index (χ0n) is 10.7. The molecule has 0 fully saturated rings. The first kappa shape index (κ1) is 15.0. The van der Waals surface area contributed by atoms with Gasteiger partial charge in [0.15, 0.2) is 0 Å². The van der Waals surface area contributed by atoms with Crippen molar-refractivity contribution in [3.63, 3.8) is 0 Å². The smallest absolute Gasteiger partial charge is 0.383 e. The van der Waals surface area contributed by atoms with Crippen LogP contribution in [0.1, 0.15) is 25.5 Å². The topological polar surface area (TPSA) is 21.3 Å². The summed E-state index contributed by atoms with van der Waals surface area (Å²) in [4.78, 5) is 0. The number of benzene rings is 1. The number of alkyl halides is 3. The molecule has 1 aromatic rings. The van der Waals surface area contributed by atoms with Crippen molar-refractivity contribution in [2.45, 2.75) is 31.6 Å². The van der Waals surface area contributed by atoms with Gasteiger partial charge in [-0.3, -0.25) is 5.32 Å². The molecule has 0 aromatic heterocycles. The Labute approximate surface area is 105 Å². The van der Waals surface area contributed by atoms with Gasteiger partial charge in [-0.25, -0.2) is 0 Å². The number of methoxy groups -OCH3 is 1. The van der Waals surface area contributed by atoms with Gasteiger partial charge in [-0.05, 0) is 19.4 Å². The van der Waals surface area contributed by atoms with E-state index in [1.807, 2.05) is 0 Å². The Morgan fingerprint density at radius 1 is 1.17 bits per heavy atom. The van der Waals surface area contributed by atoms with Crippen molar-refractivity contribution in [1.82, 2.24) is 5.32 Å². The summed E-state index contributed by atoms with van der Waals surface area (Å²) in [5.41, 5.74) is -0.556. The van der Waals surface area contributed by atoms with E-state index in [0.29, 0.717) is 0 Å².